The van der Waals surface area contributed by atoms with Crippen LogP contribution in [0.25, 0.3) is 0 Å². The van der Waals surface area contributed by atoms with Crippen molar-refractivity contribution in [3.8, 4) is 0 Å². The molecule has 0 bridgehead atoms. The first-order valence-electron chi connectivity index (χ1n) is 11.4. The van der Waals surface area contributed by atoms with E-state index in [-0.39, 0.29) is 11.9 Å². The summed E-state index contributed by atoms with van der Waals surface area (Å²) in [7, 11) is 0. The molecule has 5 rings (SSSR count). The SMILES string of the molecule is O=C(NC1CCCc2c1cnn2Cc1ccccc1)C1(c2ccc(Br)cc2)CCOCC1. The molecule has 166 valence electrons. The van der Waals surface area contributed by atoms with Crippen LogP contribution in [0.5, 0.6) is 0 Å². The highest BCUT2D eigenvalue weighted by Gasteiger charge is 2.43. The number of nitrogens with one attached hydrogen (secondary N) is 1. The lowest BCUT2D eigenvalue weighted by Gasteiger charge is -2.38. The van der Waals surface area contributed by atoms with Gasteiger partial charge in [-0.25, -0.2) is 0 Å². The van der Waals surface area contributed by atoms with E-state index in [1.54, 1.807) is 0 Å². The minimum absolute atomic E-state index is 0.00550. The second kappa shape index (κ2) is 9.20. The summed E-state index contributed by atoms with van der Waals surface area (Å²) < 4.78 is 8.74. The molecule has 1 N–H and O–H groups in total. The lowest BCUT2D eigenvalue weighted by Crippen LogP contribution is -2.49. The summed E-state index contributed by atoms with van der Waals surface area (Å²) in [6.07, 6.45) is 6.36. The second-order valence-corrected chi connectivity index (χ2v) is 9.73. The van der Waals surface area contributed by atoms with E-state index in [4.69, 9.17) is 4.74 Å². The van der Waals surface area contributed by atoms with Crippen molar-refractivity contribution >= 4 is 21.8 Å². The molecule has 2 aromatic carbocycles. The van der Waals surface area contributed by atoms with E-state index in [1.165, 1.54) is 16.8 Å². The number of carbonyl (C=O) groups excluding carboxylic acids is 1. The number of nitrogens with zero attached hydrogens (tertiary/aromatic N) is 2. The smallest absolute Gasteiger partial charge is 0.231 e. The van der Waals surface area contributed by atoms with Gasteiger partial charge >= 0.3 is 0 Å². The first kappa shape index (κ1) is 21.4. The zero-order valence-electron chi connectivity index (χ0n) is 18.1. The van der Waals surface area contributed by atoms with Crippen molar-refractivity contribution in [1.82, 2.24) is 15.1 Å². The Hall–Kier alpha value is -2.44. The Morgan fingerprint density at radius 3 is 2.62 bits per heavy atom. The molecule has 1 unspecified atom stereocenters. The average Bonchev–Trinajstić information content (AvgIpc) is 3.24. The van der Waals surface area contributed by atoms with Gasteiger partial charge in [0, 0.05) is 28.9 Å². The Morgan fingerprint density at radius 2 is 1.88 bits per heavy atom. The zero-order chi connectivity index (χ0) is 22.0. The molecule has 0 spiro atoms. The summed E-state index contributed by atoms with van der Waals surface area (Å²) in [5, 5.41) is 8.10. The minimum atomic E-state index is -0.545. The number of benzene rings is 2. The molecule has 3 aromatic rings. The third kappa shape index (κ3) is 4.14. The van der Waals surface area contributed by atoms with E-state index in [1.807, 2.05) is 24.4 Å². The van der Waals surface area contributed by atoms with Crippen LogP contribution in [-0.2, 0) is 27.9 Å². The monoisotopic (exact) mass is 493 g/mol. The lowest BCUT2D eigenvalue weighted by atomic mass is 9.73. The van der Waals surface area contributed by atoms with Crippen molar-refractivity contribution in [2.45, 2.75) is 50.1 Å². The molecular formula is C26H28BrN3O2. The van der Waals surface area contributed by atoms with Crippen molar-refractivity contribution in [3.05, 3.63) is 87.7 Å². The summed E-state index contributed by atoms with van der Waals surface area (Å²) in [6.45, 7) is 1.97. The Balaban J connectivity index is 1.39. The van der Waals surface area contributed by atoms with Crippen LogP contribution in [0.4, 0.5) is 0 Å². The van der Waals surface area contributed by atoms with Gasteiger partial charge in [0.05, 0.1) is 24.2 Å². The summed E-state index contributed by atoms with van der Waals surface area (Å²) in [4.78, 5) is 13.8. The van der Waals surface area contributed by atoms with E-state index in [2.05, 4.69) is 67.4 Å². The Labute approximate surface area is 197 Å². The van der Waals surface area contributed by atoms with Crippen molar-refractivity contribution in [3.63, 3.8) is 0 Å². The number of hydrogen-bond acceptors (Lipinski definition) is 3. The molecule has 1 fully saturated rings. The molecular weight excluding hydrogens is 466 g/mol. The van der Waals surface area contributed by atoms with Crippen LogP contribution in [0, 0.1) is 0 Å². The maximum absolute atomic E-state index is 13.8. The number of aromatic nitrogens is 2. The first-order chi connectivity index (χ1) is 15.7. The summed E-state index contributed by atoms with van der Waals surface area (Å²) in [5.74, 6) is 0.108. The largest absolute Gasteiger partial charge is 0.381 e. The topological polar surface area (TPSA) is 56.2 Å². The van der Waals surface area contributed by atoms with Gasteiger partial charge in [-0.05, 0) is 55.4 Å². The van der Waals surface area contributed by atoms with Crippen LogP contribution >= 0.6 is 15.9 Å². The third-order valence-electron chi connectivity index (χ3n) is 6.92. The molecule has 0 radical (unpaired) electrons. The van der Waals surface area contributed by atoms with Crippen LogP contribution in [0.3, 0.4) is 0 Å². The highest BCUT2D eigenvalue weighted by atomic mass is 79.9. The number of fused-ring (bicyclic) bond motifs is 1. The Morgan fingerprint density at radius 1 is 1.12 bits per heavy atom. The van der Waals surface area contributed by atoms with E-state index in [0.29, 0.717) is 26.1 Å². The summed E-state index contributed by atoms with van der Waals surface area (Å²) >= 11 is 3.51. The fourth-order valence-corrected chi connectivity index (χ4v) is 5.36. The molecule has 1 atom stereocenters. The Bertz CT molecular complexity index is 1070. The predicted molar refractivity (Wildman–Crippen MR) is 127 cm³/mol. The number of ether oxygens (including phenoxy) is 1. The maximum Gasteiger partial charge on any atom is 0.231 e. The molecule has 2 aliphatic rings. The molecule has 0 saturated carbocycles. The van der Waals surface area contributed by atoms with E-state index < -0.39 is 5.41 Å². The first-order valence-corrected chi connectivity index (χ1v) is 12.2. The fraction of sp³-hybridized carbons (Fsp3) is 0.385. The summed E-state index contributed by atoms with van der Waals surface area (Å²) in [5.41, 5.74) is 4.17. The quantitative estimate of drug-likeness (QED) is 0.547. The summed E-state index contributed by atoms with van der Waals surface area (Å²) in [6, 6.07) is 18.6. The molecule has 2 heterocycles. The van der Waals surface area contributed by atoms with E-state index in [9.17, 15) is 4.79 Å². The van der Waals surface area contributed by atoms with Crippen molar-refractivity contribution in [1.29, 1.82) is 0 Å². The van der Waals surface area contributed by atoms with Crippen molar-refractivity contribution in [2.75, 3.05) is 13.2 Å². The molecule has 1 aliphatic carbocycles. The predicted octanol–water partition coefficient (Wildman–Crippen LogP) is 4.94. The zero-order valence-corrected chi connectivity index (χ0v) is 19.7. The van der Waals surface area contributed by atoms with Crippen molar-refractivity contribution in [2.24, 2.45) is 0 Å². The normalized spacial score (nSPS) is 19.8. The van der Waals surface area contributed by atoms with E-state index >= 15 is 0 Å². The van der Waals surface area contributed by atoms with Gasteiger partial charge in [0.1, 0.15) is 0 Å². The number of amides is 1. The highest BCUT2D eigenvalue weighted by Crippen LogP contribution is 2.38. The molecule has 6 heteroatoms. The van der Waals surface area contributed by atoms with Gasteiger partial charge in [0.25, 0.3) is 0 Å². The fourth-order valence-electron chi connectivity index (χ4n) is 5.09. The number of carbonyl (C=O) groups is 1. The van der Waals surface area contributed by atoms with Gasteiger partial charge in [0.2, 0.25) is 5.91 Å². The third-order valence-corrected chi connectivity index (χ3v) is 7.45. The molecule has 1 saturated heterocycles. The Kier molecular flexibility index (Phi) is 6.15. The van der Waals surface area contributed by atoms with Crippen LogP contribution in [0.15, 0.2) is 65.3 Å². The standard InChI is InChI=1S/C26H28BrN3O2/c27-21-11-9-20(10-12-21)26(13-15-32-16-14-26)25(31)29-23-7-4-8-24-22(23)17-28-30(24)18-19-5-2-1-3-6-19/h1-3,5-6,9-12,17,23H,4,7-8,13-16,18H2,(H,29,31). The average molecular weight is 494 g/mol. The van der Waals surface area contributed by atoms with Crippen LogP contribution in [0.2, 0.25) is 0 Å². The number of halogens is 1. The molecule has 1 aromatic heterocycles. The molecule has 1 amide bonds. The van der Waals surface area contributed by atoms with Crippen LogP contribution in [0.1, 0.15) is 54.1 Å². The molecule has 32 heavy (non-hydrogen) atoms. The van der Waals surface area contributed by atoms with Gasteiger partial charge in [-0.15, -0.1) is 0 Å². The van der Waals surface area contributed by atoms with Gasteiger partial charge < -0.3 is 10.1 Å². The molecule has 1 aliphatic heterocycles. The number of rotatable bonds is 5. The van der Waals surface area contributed by atoms with Crippen LogP contribution < -0.4 is 5.32 Å². The van der Waals surface area contributed by atoms with Gasteiger partial charge in [0.15, 0.2) is 0 Å². The van der Waals surface area contributed by atoms with Gasteiger partial charge in [-0.2, -0.15) is 5.10 Å². The maximum atomic E-state index is 13.8. The lowest BCUT2D eigenvalue weighted by molar-refractivity contribution is -0.131. The van der Waals surface area contributed by atoms with Gasteiger partial charge in [-0.3, -0.25) is 9.48 Å². The van der Waals surface area contributed by atoms with E-state index in [0.717, 1.165) is 35.8 Å². The molecule has 5 nitrogen and oxygen atoms in total. The van der Waals surface area contributed by atoms with Crippen molar-refractivity contribution < 1.29 is 9.53 Å². The number of hydrogen-bond donors (Lipinski definition) is 1. The van der Waals surface area contributed by atoms with Crippen LogP contribution in [-0.4, -0.2) is 28.9 Å². The second-order valence-electron chi connectivity index (χ2n) is 8.81. The van der Waals surface area contributed by atoms with Gasteiger partial charge in [-0.1, -0.05) is 58.4 Å². The highest BCUT2D eigenvalue weighted by molar-refractivity contribution is 9.10. The minimum Gasteiger partial charge on any atom is -0.381 e.